The molecule has 0 atom stereocenters. The van der Waals surface area contributed by atoms with Gasteiger partial charge in [0.2, 0.25) is 10.0 Å². The molecule has 2 aromatic rings. The highest BCUT2D eigenvalue weighted by Gasteiger charge is 2.18. The maximum absolute atomic E-state index is 13.6. The maximum atomic E-state index is 13.6. The zero-order valence-corrected chi connectivity index (χ0v) is 12.4. The highest BCUT2D eigenvalue weighted by Crippen LogP contribution is 2.20. The minimum absolute atomic E-state index is 0.0264. The fraction of sp³-hybridized carbons (Fsp3) is 0.231. The van der Waals surface area contributed by atoms with E-state index in [9.17, 15) is 12.8 Å². The summed E-state index contributed by atoms with van der Waals surface area (Å²) in [5, 5.41) is 10.9. The SMILES string of the molecule is Cc1cc(S(=O)(=O)NCc2cccs2)cc(CO)c1F. The van der Waals surface area contributed by atoms with Crippen molar-refractivity contribution in [2.24, 2.45) is 0 Å². The van der Waals surface area contributed by atoms with Gasteiger partial charge in [0.25, 0.3) is 0 Å². The minimum Gasteiger partial charge on any atom is -0.392 e. The summed E-state index contributed by atoms with van der Waals surface area (Å²) < 4.78 is 40.4. The van der Waals surface area contributed by atoms with Crippen LogP contribution in [0.2, 0.25) is 0 Å². The predicted molar refractivity (Wildman–Crippen MR) is 75.4 cm³/mol. The average molecular weight is 315 g/mol. The number of aliphatic hydroxyl groups is 1. The fourth-order valence-electron chi connectivity index (χ4n) is 1.74. The van der Waals surface area contributed by atoms with Crippen LogP contribution in [0.25, 0.3) is 0 Å². The molecule has 0 aliphatic carbocycles. The van der Waals surface area contributed by atoms with Crippen LogP contribution in [0, 0.1) is 12.7 Å². The van der Waals surface area contributed by atoms with E-state index in [0.29, 0.717) is 0 Å². The van der Waals surface area contributed by atoms with Crippen molar-refractivity contribution >= 4 is 21.4 Å². The summed E-state index contributed by atoms with van der Waals surface area (Å²) in [6.45, 7) is 1.11. The lowest BCUT2D eigenvalue weighted by Crippen LogP contribution is -2.23. The number of benzene rings is 1. The van der Waals surface area contributed by atoms with Crippen molar-refractivity contribution < 1.29 is 17.9 Å². The van der Waals surface area contributed by atoms with E-state index in [-0.39, 0.29) is 22.6 Å². The van der Waals surface area contributed by atoms with E-state index in [1.54, 1.807) is 0 Å². The maximum Gasteiger partial charge on any atom is 0.240 e. The molecule has 2 rings (SSSR count). The molecule has 1 aromatic heterocycles. The molecule has 1 heterocycles. The van der Waals surface area contributed by atoms with Crippen LogP contribution in [0.15, 0.2) is 34.5 Å². The van der Waals surface area contributed by atoms with Crippen molar-refractivity contribution in [3.05, 3.63) is 51.5 Å². The molecule has 0 aliphatic heterocycles. The Hall–Kier alpha value is -1.28. The van der Waals surface area contributed by atoms with Crippen LogP contribution in [0.4, 0.5) is 4.39 Å². The standard InChI is InChI=1S/C13H14FNO3S2/c1-9-5-12(6-10(8-16)13(9)14)20(17,18)15-7-11-3-2-4-19-11/h2-6,15-16H,7-8H2,1H3. The largest absolute Gasteiger partial charge is 0.392 e. The molecule has 2 N–H and O–H groups in total. The summed E-state index contributed by atoms with van der Waals surface area (Å²) in [6.07, 6.45) is 0. The van der Waals surface area contributed by atoms with Gasteiger partial charge in [-0.25, -0.2) is 17.5 Å². The van der Waals surface area contributed by atoms with E-state index in [2.05, 4.69) is 4.72 Å². The van der Waals surface area contributed by atoms with Crippen LogP contribution in [0.3, 0.4) is 0 Å². The molecule has 1 aromatic carbocycles. The summed E-state index contributed by atoms with van der Waals surface area (Å²) >= 11 is 1.45. The number of hydrogen-bond acceptors (Lipinski definition) is 4. The molecule has 7 heteroatoms. The van der Waals surface area contributed by atoms with E-state index in [4.69, 9.17) is 5.11 Å². The number of sulfonamides is 1. The second-order valence-corrected chi connectivity index (χ2v) is 7.07. The van der Waals surface area contributed by atoms with Crippen LogP contribution in [0.5, 0.6) is 0 Å². The van der Waals surface area contributed by atoms with Gasteiger partial charge < -0.3 is 5.11 Å². The predicted octanol–water partition coefficient (Wildman–Crippen LogP) is 2.17. The molecule has 4 nitrogen and oxygen atoms in total. The first-order chi connectivity index (χ1) is 9.44. The molecule has 0 saturated carbocycles. The Morgan fingerprint density at radius 3 is 2.75 bits per heavy atom. The van der Waals surface area contributed by atoms with Crippen molar-refractivity contribution in [2.45, 2.75) is 25.0 Å². The molecule has 20 heavy (non-hydrogen) atoms. The van der Waals surface area contributed by atoms with Crippen LogP contribution < -0.4 is 4.72 Å². The van der Waals surface area contributed by atoms with Gasteiger partial charge in [-0.15, -0.1) is 11.3 Å². The monoisotopic (exact) mass is 315 g/mol. The lowest BCUT2D eigenvalue weighted by molar-refractivity contribution is 0.275. The van der Waals surface area contributed by atoms with E-state index >= 15 is 0 Å². The van der Waals surface area contributed by atoms with Gasteiger partial charge >= 0.3 is 0 Å². The van der Waals surface area contributed by atoms with Crippen molar-refractivity contribution in [1.29, 1.82) is 0 Å². The molecule has 0 amide bonds. The van der Waals surface area contributed by atoms with E-state index < -0.39 is 22.4 Å². The zero-order valence-electron chi connectivity index (χ0n) is 10.8. The van der Waals surface area contributed by atoms with E-state index in [0.717, 1.165) is 10.9 Å². The van der Waals surface area contributed by atoms with Gasteiger partial charge in [0, 0.05) is 17.0 Å². The number of thiophene rings is 1. The third kappa shape index (κ3) is 3.24. The van der Waals surface area contributed by atoms with Gasteiger partial charge in [-0.1, -0.05) is 6.07 Å². The third-order valence-electron chi connectivity index (χ3n) is 2.80. The zero-order chi connectivity index (χ0) is 14.8. The Labute approximate surface area is 120 Å². The van der Waals surface area contributed by atoms with Crippen molar-refractivity contribution in [3.63, 3.8) is 0 Å². The topological polar surface area (TPSA) is 66.4 Å². The normalized spacial score (nSPS) is 11.8. The number of aliphatic hydroxyl groups excluding tert-OH is 1. The van der Waals surface area contributed by atoms with Crippen LogP contribution in [0.1, 0.15) is 16.0 Å². The quantitative estimate of drug-likeness (QED) is 0.888. The first-order valence-electron chi connectivity index (χ1n) is 5.86. The average Bonchev–Trinajstić information content (AvgIpc) is 2.92. The number of halogens is 1. The Morgan fingerprint density at radius 1 is 1.40 bits per heavy atom. The van der Waals surface area contributed by atoms with Crippen molar-refractivity contribution in [2.75, 3.05) is 0 Å². The molecule has 0 bridgehead atoms. The van der Waals surface area contributed by atoms with Gasteiger partial charge in [0.05, 0.1) is 11.5 Å². The molecule has 0 spiro atoms. The number of rotatable bonds is 5. The lowest BCUT2D eigenvalue weighted by atomic mass is 10.1. The van der Waals surface area contributed by atoms with Gasteiger partial charge in [-0.3, -0.25) is 0 Å². The smallest absolute Gasteiger partial charge is 0.240 e. The van der Waals surface area contributed by atoms with Crippen molar-refractivity contribution in [1.82, 2.24) is 4.72 Å². The molecule has 0 saturated heterocycles. The van der Waals surface area contributed by atoms with Gasteiger partial charge in [-0.2, -0.15) is 0 Å². The Bertz CT molecular complexity index is 697. The summed E-state index contributed by atoms with van der Waals surface area (Å²) in [4.78, 5) is 0.840. The highest BCUT2D eigenvalue weighted by molar-refractivity contribution is 7.89. The third-order valence-corrected chi connectivity index (χ3v) is 5.06. The molecule has 0 unspecified atom stereocenters. The number of aryl methyl sites for hydroxylation is 1. The van der Waals surface area contributed by atoms with Crippen LogP contribution in [-0.4, -0.2) is 13.5 Å². The molecule has 0 aliphatic rings. The first kappa shape index (κ1) is 15.1. The Morgan fingerprint density at radius 2 is 2.15 bits per heavy atom. The number of hydrogen-bond donors (Lipinski definition) is 2. The fourth-order valence-corrected chi connectivity index (χ4v) is 3.62. The molecular weight excluding hydrogens is 301 g/mol. The lowest BCUT2D eigenvalue weighted by Gasteiger charge is -2.09. The molecule has 0 radical (unpaired) electrons. The first-order valence-corrected chi connectivity index (χ1v) is 8.22. The molecule has 108 valence electrons. The van der Waals surface area contributed by atoms with Crippen LogP contribution in [-0.2, 0) is 23.2 Å². The summed E-state index contributed by atoms with van der Waals surface area (Å²) in [5.74, 6) is -0.579. The second-order valence-electron chi connectivity index (χ2n) is 4.28. The van der Waals surface area contributed by atoms with Gasteiger partial charge in [0.15, 0.2) is 0 Å². The summed E-state index contributed by atoms with van der Waals surface area (Å²) in [5.41, 5.74) is 0.162. The van der Waals surface area contributed by atoms with E-state index in [1.807, 2.05) is 17.5 Å². The van der Waals surface area contributed by atoms with Gasteiger partial charge in [-0.05, 0) is 36.1 Å². The second kappa shape index (κ2) is 6.01. The highest BCUT2D eigenvalue weighted by atomic mass is 32.2. The Balaban J connectivity index is 2.27. The summed E-state index contributed by atoms with van der Waals surface area (Å²) in [7, 11) is -3.73. The van der Waals surface area contributed by atoms with E-state index in [1.165, 1.54) is 24.3 Å². The summed E-state index contributed by atoms with van der Waals surface area (Å²) in [6, 6.07) is 6.06. The van der Waals surface area contributed by atoms with Crippen molar-refractivity contribution in [3.8, 4) is 0 Å². The molecular formula is C13H14FNO3S2. The van der Waals surface area contributed by atoms with Crippen LogP contribution >= 0.6 is 11.3 Å². The van der Waals surface area contributed by atoms with Gasteiger partial charge in [0.1, 0.15) is 5.82 Å². The minimum atomic E-state index is -3.73. The molecule has 0 fully saturated rings. The number of nitrogens with one attached hydrogen (secondary N) is 1. The Kier molecular flexibility index (Phi) is 4.54.